The summed E-state index contributed by atoms with van der Waals surface area (Å²) in [6.45, 7) is 7.71. The molecular formula is C30H36BrN3O4S2. The van der Waals surface area contributed by atoms with E-state index in [-0.39, 0.29) is 23.3 Å². The normalized spacial score (nSPS) is 12.2. The summed E-state index contributed by atoms with van der Waals surface area (Å²) < 4.78 is 29.8. The zero-order valence-electron chi connectivity index (χ0n) is 23.4. The minimum atomic E-state index is -4.10. The summed E-state index contributed by atoms with van der Waals surface area (Å²) in [7, 11) is -4.10. The lowest BCUT2D eigenvalue weighted by Crippen LogP contribution is -2.51. The topological polar surface area (TPSA) is 86.8 Å². The van der Waals surface area contributed by atoms with Crippen LogP contribution < -0.4 is 9.62 Å². The maximum Gasteiger partial charge on any atom is 0.264 e. The average molecular weight is 647 g/mol. The molecule has 3 aromatic carbocycles. The number of nitrogens with one attached hydrogen (secondary N) is 1. The van der Waals surface area contributed by atoms with Gasteiger partial charge in [-0.1, -0.05) is 59.6 Å². The van der Waals surface area contributed by atoms with E-state index >= 15 is 0 Å². The van der Waals surface area contributed by atoms with Crippen molar-refractivity contribution in [2.24, 2.45) is 5.92 Å². The van der Waals surface area contributed by atoms with Crippen LogP contribution in [0.15, 0.2) is 87.1 Å². The number of carbonyl (C=O) groups is 2. The number of carbonyl (C=O) groups excluding carboxylic acids is 2. The Bertz CT molecular complexity index is 1390. The SMILES string of the molecule is CSc1ccc(S(=O)(=O)N(CC(=O)N(Cc2ccc(Br)cc2)[C@@H](C)C(=O)NCC(C)C)c2ccc(C)cc2)cc1. The Morgan fingerprint density at radius 3 is 2.08 bits per heavy atom. The number of rotatable bonds is 12. The van der Waals surface area contributed by atoms with Crippen LogP contribution in [0.2, 0.25) is 0 Å². The van der Waals surface area contributed by atoms with Gasteiger partial charge in [0.2, 0.25) is 11.8 Å². The first-order chi connectivity index (χ1) is 18.9. The first-order valence-corrected chi connectivity index (χ1v) is 16.4. The van der Waals surface area contributed by atoms with Crippen molar-refractivity contribution >= 4 is 55.2 Å². The molecule has 0 aliphatic heterocycles. The van der Waals surface area contributed by atoms with Crippen molar-refractivity contribution in [3.8, 4) is 0 Å². The van der Waals surface area contributed by atoms with Crippen LogP contribution in [-0.4, -0.2) is 50.5 Å². The number of anilines is 1. The highest BCUT2D eigenvalue weighted by Gasteiger charge is 2.32. The summed E-state index contributed by atoms with van der Waals surface area (Å²) in [6, 6.07) is 20.2. The highest BCUT2D eigenvalue weighted by molar-refractivity contribution is 9.10. The number of amides is 2. The Labute approximate surface area is 250 Å². The van der Waals surface area contributed by atoms with Crippen LogP contribution in [0.25, 0.3) is 0 Å². The molecule has 10 heteroatoms. The molecule has 0 aliphatic carbocycles. The molecule has 2 amide bonds. The summed E-state index contributed by atoms with van der Waals surface area (Å²) in [5.41, 5.74) is 2.15. The van der Waals surface area contributed by atoms with Crippen LogP contribution >= 0.6 is 27.7 Å². The summed E-state index contributed by atoms with van der Waals surface area (Å²) in [5, 5.41) is 2.90. The largest absolute Gasteiger partial charge is 0.354 e. The summed E-state index contributed by atoms with van der Waals surface area (Å²) in [5.74, 6) is -0.539. The molecule has 1 atom stereocenters. The lowest BCUT2D eigenvalue weighted by Gasteiger charge is -2.32. The highest BCUT2D eigenvalue weighted by Crippen LogP contribution is 2.26. The number of sulfonamides is 1. The van der Waals surface area contributed by atoms with Gasteiger partial charge in [0.15, 0.2) is 0 Å². The van der Waals surface area contributed by atoms with Gasteiger partial charge in [-0.3, -0.25) is 13.9 Å². The van der Waals surface area contributed by atoms with Gasteiger partial charge in [0.05, 0.1) is 10.6 Å². The molecule has 0 fully saturated rings. The number of aryl methyl sites for hydroxylation is 1. The van der Waals surface area contributed by atoms with Crippen LogP contribution in [0.4, 0.5) is 5.69 Å². The number of benzene rings is 3. The molecule has 0 aliphatic rings. The molecule has 0 saturated heterocycles. The number of hydrogen-bond acceptors (Lipinski definition) is 5. The van der Waals surface area contributed by atoms with Crippen molar-refractivity contribution in [1.29, 1.82) is 0 Å². The second kappa shape index (κ2) is 14.2. The molecule has 40 heavy (non-hydrogen) atoms. The molecule has 1 N–H and O–H groups in total. The number of hydrogen-bond donors (Lipinski definition) is 1. The summed E-state index contributed by atoms with van der Waals surface area (Å²) in [6.07, 6.45) is 1.92. The number of nitrogens with zero attached hydrogens (tertiary/aromatic N) is 2. The minimum Gasteiger partial charge on any atom is -0.354 e. The van der Waals surface area contributed by atoms with Gasteiger partial charge in [0.25, 0.3) is 10.0 Å². The van der Waals surface area contributed by atoms with Gasteiger partial charge in [0, 0.05) is 22.5 Å². The predicted molar refractivity (Wildman–Crippen MR) is 166 cm³/mol. The molecule has 0 heterocycles. The Kier molecular flexibility index (Phi) is 11.2. The fraction of sp³-hybridized carbons (Fsp3) is 0.333. The van der Waals surface area contributed by atoms with Crippen LogP contribution in [0.3, 0.4) is 0 Å². The maximum atomic E-state index is 14.0. The van der Waals surface area contributed by atoms with E-state index in [1.54, 1.807) is 55.5 Å². The predicted octanol–water partition coefficient (Wildman–Crippen LogP) is 5.86. The van der Waals surface area contributed by atoms with Crippen molar-refractivity contribution in [3.05, 3.63) is 88.4 Å². The molecule has 0 aromatic heterocycles. The second-order valence-corrected chi connectivity index (χ2v) is 13.6. The van der Waals surface area contributed by atoms with Crippen LogP contribution in [0.5, 0.6) is 0 Å². The van der Waals surface area contributed by atoms with Crippen molar-refractivity contribution in [1.82, 2.24) is 10.2 Å². The first-order valence-electron chi connectivity index (χ1n) is 13.0. The molecule has 214 valence electrons. The molecular weight excluding hydrogens is 610 g/mol. The summed E-state index contributed by atoms with van der Waals surface area (Å²) >= 11 is 4.94. The Balaban J connectivity index is 2.00. The van der Waals surface area contributed by atoms with E-state index in [1.165, 1.54) is 16.7 Å². The molecule has 0 saturated carbocycles. The Hall–Kier alpha value is -2.82. The highest BCUT2D eigenvalue weighted by atomic mass is 79.9. The third-order valence-corrected chi connectivity index (χ3v) is 9.43. The Morgan fingerprint density at radius 1 is 0.925 bits per heavy atom. The molecule has 0 bridgehead atoms. The fourth-order valence-electron chi connectivity index (χ4n) is 3.94. The Morgan fingerprint density at radius 2 is 1.52 bits per heavy atom. The van der Waals surface area contributed by atoms with Crippen molar-refractivity contribution in [3.63, 3.8) is 0 Å². The van der Waals surface area contributed by atoms with Crippen molar-refractivity contribution in [2.45, 2.75) is 50.1 Å². The minimum absolute atomic E-state index is 0.0841. The lowest BCUT2D eigenvalue weighted by molar-refractivity contribution is -0.139. The van der Waals surface area contributed by atoms with E-state index in [0.29, 0.717) is 12.2 Å². The monoisotopic (exact) mass is 645 g/mol. The van der Waals surface area contributed by atoms with Crippen LogP contribution in [-0.2, 0) is 26.2 Å². The second-order valence-electron chi connectivity index (χ2n) is 9.99. The molecule has 0 unspecified atom stereocenters. The van der Waals surface area contributed by atoms with E-state index in [9.17, 15) is 18.0 Å². The quantitative estimate of drug-likeness (QED) is 0.249. The van der Waals surface area contributed by atoms with Gasteiger partial charge in [-0.25, -0.2) is 8.42 Å². The van der Waals surface area contributed by atoms with E-state index < -0.39 is 28.5 Å². The van der Waals surface area contributed by atoms with Crippen LogP contribution in [0, 0.1) is 12.8 Å². The smallest absolute Gasteiger partial charge is 0.264 e. The fourth-order valence-corrected chi connectivity index (χ4v) is 6.02. The van der Waals surface area contributed by atoms with Crippen LogP contribution in [0.1, 0.15) is 31.9 Å². The van der Waals surface area contributed by atoms with E-state index in [1.807, 2.05) is 51.3 Å². The molecule has 3 aromatic rings. The zero-order valence-corrected chi connectivity index (χ0v) is 26.6. The van der Waals surface area contributed by atoms with Gasteiger partial charge in [-0.15, -0.1) is 11.8 Å². The van der Waals surface area contributed by atoms with Gasteiger partial charge in [0.1, 0.15) is 12.6 Å². The molecule has 3 rings (SSSR count). The standard InChI is InChI=1S/C30H36BrN3O4S2/c1-21(2)18-32-30(36)23(4)33(19-24-8-10-25(31)11-9-24)29(35)20-34(26-12-6-22(3)7-13-26)40(37,38)28-16-14-27(39-5)15-17-28/h6-17,21,23H,18-20H2,1-5H3,(H,32,36)/t23-/m0/s1. The summed E-state index contributed by atoms with van der Waals surface area (Å²) in [4.78, 5) is 29.5. The van der Waals surface area contributed by atoms with Gasteiger partial charge in [-0.05, 0) is 80.1 Å². The first kappa shape index (κ1) is 31.7. The van der Waals surface area contributed by atoms with Crippen molar-refractivity contribution in [2.75, 3.05) is 23.7 Å². The van der Waals surface area contributed by atoms with Gasteiger partial charge >= 0.3 is 0 Å². The van der Waals surface area contributed by atoms with E-state index in [0.717, 1.165) is 24.8 Å². The molecule has 7 nitrogen and oxygen atoms in total. The third-order valence-electron chi connectivity index (χ3n) is 6.37. The molecule has 0 spiro atoms. The number of thioether (sulfide) groups is 1. The van der Waals surface area contributed by atoms with Crippen molar-refractivity contribution < 1.29 is 18.0 Å². The molecule has 0 radical (unpaired) electrons. The van der Waals surface area contributed by atoms with E-state index in [2.05, 4.69) is 21.2 Å². The third kappa shape index (κ3) is 8.34. The zero-order chi connectivity index (χ0) is 29.4. The van der Waals surface area contributed by atoms with Gasteiger partial charge in [-0.2, -0.15) is 0 Å². The van der Waals surface area contributed by atoms with E-state index in [4.69, 9.17) is 0 Å². The number of halogens is 1. The lowest BCUT2D eigenvalue weighted by atomic mass is 10.1. The average Bonchev–Trinajstić information content (AvgIpc) is 2.94. The maximum absolute atomic E-state index is 14.0. The van der Waals surface area contributed by atoms with Gasteiger partial charge < -0.3 is 10.2 Å².